The molecule has 0 aliphatic heterocycles. The number of unbranched alkanes of at least 4 members (excludes halogenated alkanes) is 20. The van der Waals surface area contributed by atoms with E-state index in [9.17, 15) is 9.59 Å². The summed E-state index contributed by atoms with van der Waals surface area (Å²) in [6.07, 6.45) is 32.1. The summed E-state index contributed by atoms with van der Waals surface area (Å²) in [4.78, 5) is 28.2. The molecule has 0 fully saturated rings. The van der Waals surface area contributed by atoms with Crippen molar-refractivity contribution in [3.63, 3.8) is 0 Å². The minimum absolute atomic E-state index is 0.0201. The molecule has 0 spiro atoms. The van der Waals surface area contributed by atoms with E-state index in [0.717, 1.165) is 70.8 Å². The minimum Gasteiger partial charge on any atom is -0.462 e. The van der Waals surface area contributed by atoms with E-state index >= 15 is 0 Å². The average Bonchev–Trinajstić information content (AvgIpc) is 3.00. The van der Waals surface area contributed by atoms with Crippen molar-refractivity contribution in [2.75, 3.05) is 27.2 Å². The minimum atomic E-state index is -0.318. The maximum atomic E-state index is 13.3. The first-order valence-corrected chi connectivity index (χ1v) is 19.4. The number of hydrogen-bond acceptors (Lipinski definition) is 5. The van der Waals surface area contributed by atoms with Gasteiger partial charge in [0.1, 0.15) is 12.7 Å². The average molecular weight is 624 g/mol. The monoisotopic (exact) mass is 624 g/mol. The van der Waals surface area contributed by atoms with Crippen LogP contribution in [0.3, 0.4) is 0 Å². The second-order valence-corrected chi connectivity index (χ2v) is 13.8. The third-order valence-electron chi connectivity index (χ3n) is 8.97. The molecule has 0 N–H and O–H groups in total. The predicted molar refractivity (Wildman–Crippen MR) is 189 cm³/mol. The SMILES string of the molecule is CCCCCCCCCCCCCC(COC(=O)C(CCCCCCC)CCCCCCC)OC(=O)CCCCCN(C)C. The number of ether oxygens (including phenoxy) is 2. The van der Waals surface area contributed by atoms with Gasteiger partial charge in [0.2, 0.25) is 0 Å². The summed E-state index contributed by atoms with van der Waals surface area (Å²) in [5, 5.41) is 0. The van der Waals surface area contributed by atoms with Crippen LogP contribution in [0.2, 0.25) is 0 Å². The molecular weight excluding hydrogens is 546 g/mol. The molecule has 0 aliphatic rings. The summed E-state index contributed by atoms with van der Waals surface area (Å²) in [6.45, 7) is 8.01. The van der Waals surface area contributed by atoms with Gasteiger partial charge in [0.15, 0.2) is 0 Å². The van der Waals surface area contributed by atoms with Gasteiger partial charge in [-0.3, -0.25) is 9.59 Å². The first-order valence-electron chi connectivity index (χ1n) is 19.4. The van der Waals surface area contributed by atoms with E-state index in [0.29, 0.717) is 6.42 Å². The first-order chi connectivity index (χ1) is 21.4. The zero-order chi connectivity index (χ0) is 32.5. The normalized spacial score (nSPS) is 12.2. The highest BCUT2D eigenvalue weighted by atomic mass is 16.6. The molecule has 0 amide bonds. The Balaban J connectivity index is 4.76. The van der Waals surface area contributed by atoms with Gasteiger partial charge < -0.3 is 14.4 Å². The summed E-state index contributed by atoms with van der Waals surface area (Å²) < 4.78 is 11.8. The van der Waals surface area contributed by atoms with Gasteiger partial charge in [0.25, 0.3) is 0 Å². The van der Waals surface area contributed by atoms with Crippen molar-refractivity contribution in [1.29, 1.82) is 0 Å². The van der Waals surface area contributed by atoms with Crippen molar-refractivity contribution in [1.82, 2.24) is 4.90 Å². The number of rotatable bonds is 34. The molecule has 0 aliphatic carbocycles. The molecule has 0 rings (SSSR count). The Morgan fingerprint density at radius 2 is 0.932 bits per heavy atom. The third kappa shape index (κ3) is 29.6. The summed E-state index contributed by atoms with van der Waals surface area (Å²) in [6, 6.07) is 0. The number of hydrogen-bond donors (Lipinski definition) is 0. The summed E-state index contributed by atoms with van der Waals surface area (Å²) in [5.74, 6) is -0.227. The molecule has 0 bridgehead atoms. The summed E-state index contributed by atoms with van der Waals surface area (Å²) in [5.41, 5.74) is 0. The van der Waals surface area contributed by atoms with Gasteiger partial charge in [-0.2, -0.15) is 0 Å². The molecule has 5 heteroatoms. The number of carbonyl (C=O) groups excluding carboxylic acids is 2. The first kappa shape index (κ1) is 42.9. The molecule has 1 unspecified atom stereocenters. The Morgan fingerprint density at radius 3 is 1.39 bits per heavy atom. The van der Waals surface area contributed by atoms with Crippen LogP contribution in [0.1, 0.15) is 201 Å². The molecule has 0 aromatic carbocycles. The van der Waals surface area contributed by atoms with Gasteiger partial charge in [-0.05, 0) is 59.2 Å². The highest BCUT2D eigenvalue weighted by molar-refractivity contribution is 5.72. The standard InChI is InChI=1S/C39H77NO4/c1-6-9-12-15-16-17-18-19-20-23-27-32-37(44-38(41)33-28-24-29-34-40(4)5)35-43-39(42)36(30-25-21-13-10-7-2)31-26-22-14-11-8-3/h36-37H,6-35H2,1-5H3. The molecule has 0 saturated heterocycles. The smallest absolute Gasteiger partial charge is 0.309 e. The Morgan fingerprint density at radius 1 is 0.523 bits per heavy atom. The lowest BCUT2D eigenvalue weighted by atomic mass is 9.94. The third-order valence-corrected chi connectivity index (χ3v) is 8.97. The second-order valence-electron chi connectivity index (χ2n) is 13.8. The summed E-state index contributed by atoms with van der Waals surface area (Å²) >= 11 is 0. The van der Waals surface area contributed by atoms with E-state index in [1.165, 1.54) is 109 Å². The Kier molecular flexibility index (Phi) is 32.4. The fourth-order valence-corrected chi connectivity index (χ4v) is 5.99. The van der Waals surface area contributed by atoms with E-state index < -0.39 is 0 Å². The lowest BCUT2D eigenvalue weighted by Crippen LogP contribution is -2.28. The van der Waals surface area contributed by atoms with E-state index in [2.05, 4.69) is 39.8 Å². The van der Waals surface area contributed by atoms with Crippen LogP contribution in [-0.4, -0.2) is 50.2 Å². The van der Waals surface area contributed by atoms with Crippen LogP contribution in [0.25, 0.3) is 0 Å². The molecule has 0 radical (unpaired) electrons. The van der Waals surface area contributed by atoms with Gasteiger partial charge in [-0.15, -0.1) is 0 Å². The largest absolute Gasteiger partial charge is 0.462 e. The fraction of sp³-hybridized carbons (Fsp3) is 0.949. The maximum absolute atomic E-state index is 13.3. The van der Waals surface area contributed by atoms with Crippen LogP contribution in [0, 0.1) is 5.92 Å². The van der Waals surface area contributed by atoms with Crippen molar-refractivity contribution in [2.45, 2.75) is 207 Å². The van der Waals surface area contributed by atoms with Crippen molar-refractivity contribution in [3.8, 4) is 0 Å². The van der Waals surface area contributed by atoms with E-state index in [-0.39, 0.29) is 30.6 Å². The quantitative estimate of drug-likeness (QED) is 0.0527. The van der Waals surface area contributed by atoms with Crippen molar-refractivity contribution in [2.24, 2.45) is 5.92 Å². The molecule has 0 aromatic rings. The van der Waals surface area contributed by atoms with Crippen LogP contribution >= 0.6 is 0 Å². The van der Waals surface area contributed by atoms with E-state index in [4.69, 9.17) is 9.47 Å². The van der Waals surface area contributed by atoms with Crippen LogP contribution in [0.4, 0.5) is 0 Å². The molecule has 44 heavy (non-hydrogen) atoms. The zero-order valence-corrected chi connectivity index (χ0v) is 30.4. The Hall–Kier alpha value is -1.10. The van der Waals surface area contributed by atoms with E-state index in [1.54, 1.807) is 0 Å². The van der Waals surface area contributed by atoms with Gasteiger partial charge in [0.05, 0.1) is 5.92 Å². The van der Waals surface area contributed by atoms with Crippen molar-refractivity contribution < 1.29 is 19.1 Å². The summed E-state index contributed by atoms with van der Waals surface area (Å²) in [7, 11) is 4.16. The maximum Gasteiger partial charge on any atom is 0.309 e. The second kappa shape index (κ2) is 33.3. The topological polar surface area (TPSA) is 55.8 Å². The zero-order valence-electron chi connectivity index (χ0n) is 30.4. The van der Waals surface area contributed by atoms with Gasteiger partial charge in [-0.25, -0.2) is 0 Å². The molecule has 0 aromatic heterocycles. The van der Waals surface area contributed by atoms with Crippen LogP contribution < -0.4 is 0 Å². The number of esters is 2. The van der Waals surface area contributed by atoms with Crippen molar-refractivity contribution >= 4 is 11.9 Å². The lowest BCUT2D eigenvalue weighted by molar-refractivity contribution is -0.162. The lowest BCUT2D eigenvalue weighted by Gasteiger charge is -2.21. The van der Waals surface area contributed by atoms with Gasteiger partial charge in [0, 0.05) is 6.42 Å². The molecule has 1 atom stereocenters. The van der Waals surface area contributed by atoms with Gasteiger partial charge >= 0.3 is 11.9 Å². The fourth-order valence-electron chi connectivity index (χ4n) is 5.99. The van der Waals surface area contributed by atoms with E-state index in [1.807, 2.05) is 0 Å². The number of nitrogens with zero attached hydrogens (tertiary/aromatic N) is 1. The Bertz CT molecular complexity index is 609. The van der Waals surface area contributed by atoms with Crippen LogP contribution in [0.15, 0.2) is 0 Å². The number of carbonyl (C=O) groups is 2. The molecule has 0 heterocycles. The van der Waals surface area contributed by atoms with Crippen LogP contribution in [0.5, 0.6) is 0 Å². The molecule has 0 saturated carbocycles. The molecular formula is C39H77NO4. The highest BCUT2D eigenvalue weighted by Crippen LogP contribution is 2.22. The van der Waals surface area contributed by atoms with Crippen LogP contribution in [-0.2, 0) is 19.1 Å². The molecule has 5 nitrogen and oxygen atoms in total. The predicted octanol–water partition coefficient (Wildman–Crippen LogP) is 11.6. The van der Waals surface area contributed by atoms with Gasteiger partial charge in [-0.1, -0.05) is 156 Å². The highest BCUT2D eigenvalue weighted by Gasteiger charge is 2.22. The van der Waals surface area contributed by atoms with Crippen molar-refractivity contribution in [3.05, 3.63) is 0 Å². The molecule has 262 valence electrons. The Labute approximate surface area is 275 Å².